The molecular weight excluding hydrogens is 236 g/mol. The fourth-order valence-corrected chi connectivity index (χ4v) is 2.99. The Morgan fingerprint density at radius 3 is 2.94 bits per heavy atom. The minimum atomic E-state index is -0.113. The topological polar surface area (TPSA) is 42.4 Å². The average molecular weight is 254 g/mol. The summed E-state index contributed by atoms with van der Waals surface area (Å²) in [6.45, 7) is 4.44. The van der Waals surface area contributed by atoms with Crippen molar-refractivity contribution in [3.8, 4) is 0 Å². The van der Waals surface area contributed by atoms with Crippen LogP contribution in [0, 0.1) is 0 Å². The molecule has 0 N–H and O–H groups in total. The largest absolute Gasteiger partial charge is 0.466 e. The molecule has 0 amide bonds. The van der Waals surface area contributed by atoms with Crippen LogP contribution in [0.3, 0.4) is 0 Å². The quantitative estimate of drug-likeness (QED) is 0.756. The van der Waals surface area contributed by atoms with Crippen molar-refractivity contribution in [1.82, 2.24) is 9.88 Å². The number of rotatable bonds is 5. The second-order valence-electron chi connectivity index (χ2n) is 4.17. The molecule has 0 aromatic carbocycles. The van der Waals surface area contributed by atoms with Crippen molar-refractivity contribution in [2.75, 3.05) is 19.7 Å². The van der Waals surface area contributed by atoms with Crippen LogP contribution in [0.25, 0.3) is 0 Å². The maximum absolute atomic E-state index is 11.6. The molecule has 0 radical (unpaired) electrons. The molecule has 17 heavy (non-hydrogen) atoms. The lowest BCUT2D eigenvalue weighted by molar-refractivity contribution is -0.144. The molecule has 4 nitrogen and oxygen atoms in total. The number of nitrogens with zero attached hydrogens (tertiary/aromatic N) is 2. The molecule has 1 atom stereocenters. The highest BCUT2D eigenvalue weighted by Gasteiger charge is 2.27. The van der Waals surface area contributed by atoms with Crippen molar-refractivity contribution in [2.45, 2.75) is 32.2 Å². The van der Waals surface area contributed by atoms with Crippen LogP contribution in [0.4, 0.5) is 0 Å². The van der Waals surface area contributed by atoms with Crippen LogP contribution < -0.4 is 0 Å². The van der Waals surface area contributed by atoms with E-state index in [0.717, 1.165) is 13.1 Å². The Morgan fingerprint density at radius 2 is 2.35 bits per heavy atom. The van der Waals surface area contributed by atoms with E-state index in [1.165, 1.54) is 17.7 Å². The Bertz CT molecular complexity index is 347. The second kappa shape index (κ2) is 6.12. The minimum Gasteiger partial charge on any atom is -0.466 e. The molecule has 1 fully saturated rings. The van der Waals surface area contributed by atoms with Gasteiger partial charge in [0.1, 0.15) is 0 Å². The van der Waals surface area contributed by atoms with Gasteiger partial charge in [0.05, 0.1) is 24.6 Å². The highest BCUT2D eigenvalue weighted by Crippen LogP contribution is 2.30. The number of hydrogen-bond acceptors (Lipinski definition) is 5. The van der Waals surface area contributed by atoms with E-state index in [-0.39, 0.29) is 12.0 Å². The van der Waals surface area contributed by atoms with Crippen LogP contribution >= 0.6 is 11.3 Å². The summed E-state index contributed by atoms with van der Waals surface area (Å²) < 4.78 is 5.05. The summed E-state index contributed by atoms with van der Waals surface area (Å²) in [6.07, 6.45) is 4.75. The summed E-state index contributed by atoms with van der Waals surface area (Å²) in [5, 5.41) is 0. The predicted molar refractivity (Wildman–Crippen MR) is 66.9 cm³/mol. The van der Waals surface area contributed by atoms with Gasteiger partial charge < -0.3 is 4.74 Å². The molecule has 5 heteroatoms. The van der Waals surface area contributed by atoms with E-state index < -0.39 is 0 Å². The summed E-state index contributed by atoms with van der Waals surface area (Å²) in [4.78, 5) is 19.3. The van der Waals surface area contributed by atoms with Gasteiger partial charge in [0.2, 0.25) is 0 Å². The summed E-state index contributed by atoms with van der Waals surface area (Å²) in [5.74, 6) is -0.113. The second-order valence-corrected chi connectivity index (χ2v) is 5.09. The molecule has 0 spiro atoms. The van der Waals surface area contributed by atoms with Crippen molar-refractivity contribution >= 4 is 17.3 Å². The summed E-state index contributed by atoms with van der Waals surface area (Å²) in [7, 11) is 0. The number of esters is 1. The zero-order valence-corrected chi connectivity index (χ0v) is 10.9. The zero-order valence-electron chi connectivity index (χ0n) is 10.1. The fraction of sp³-hybridized carbons (Fsp3) is 0.667. The van der Waals surface area contributed by atoms with E-state index in [2.05, 4.69) is 9.88 Å². The Morgan fingerprint density at radius 1 is 1.59 bits per heavy atom. The van der Waals surface area contributed by atoms with E-state index in [9.17, 15) is 4.79 Å². The van der Waals surface area contributed by atoms with E-state index in [1.807, 2.05) is 18.6 Å². The van der Waals surface area contributed by atoms with Crippen molar-refractivity contribution in [1.29, 1.82) is 0 Å². The maximum Gasteiger partial charge on any atom is 0.307 e. The van der Waals surface area contributed by atoms with Crippen LogP contribution in [0.5, 0.6) is 0 Å². The number of carbonyl (C=O) groups excluding carboxylic acids is 1. The molecule has 0 saturated carbocycles. The molecule has 0 bridgehead atoms. The van der Waals surface area contributed by atoms with Gasteiger partial charge in [-0.2, -0.15) is 0 Å². The molecule has 1 aliphatic heterocycles. The molecule has 1 saturated heterocycles. The Labute approximate surface area is 106 Å². The molecule has 2 heterocycles. The molecule has 1 aliphatic rings. The van der Waals surface area contributed by atoms with Gasteiger partial charge in [0.15, 0.2) is 0 Å². The lowest BCUT2D eigenvalue weighted by atomic mass is 10.1. The van der Waals surface area contributed by atoms with Gasteiger partial charge in [-0.05, 0) is 32.9 Å². The van der Waals surface area contributed by atoms with E-state index in [1.54, 1.807) is 11.3 Å². The third kappa shape index (κ3) is 3.26. The van der Waals surface area contributed by atoms with Crippen molar-refractivity contribution in [3.63, 3.8) is 0 Å². The van der Waals surface area contributed by atoms with Gasteiger partial charge in [0.25, 0.3) is 0 Å². The summed E-state index contributed by atoms with van der Waals surface area (Å²) in [5.41, 5.74) is 1.82. The van der Waals surface area contributed by atoms with Gasteiger partial charge in [-0.1, -0.05) is 0 Å². The van der Waals surface area contributed by atoms with Gasteiger partial charge in [-0.15, -0.1) is 11.3 Å². The number of thiazole rings is 1. The van der Waals surface area contributed by atoms with Crippen LogP contribution in [-0.4, -0.2) is 35.5 Å². The molecule has 1 aromatic heterocycles. The molecular formula is C12H18N2O2S. The maximum atomic E-state index is 11.6. The molecule has 1 unspecified atom stereocenters. The number of hydrogen-bond donors (Lipinski definition) is 0. The first-order valence-electron chi connectivity index (χ1n) is 6.09. The van der Waals surface area contributed by atoms with Crippen molar-refractivity contribution < 1.29 is 9.53 Å². The average Bonchev–Trinajstić information content (AvgIpc) is 3.00. The summed E-state index contributed by atoms with van der Waals surface area (Å²) >= 11 is 1.62. The Balaban J connectivity index is 2.04. The van der Waals surface area contributed by atoms with E-state index in [4.69, 9.17) is 4.74 Å². The molecule has 94 valence electrons. The van der Waals surface area contributed by atoms with Crippen LogP contribution in [-0.2, 0) is 9.53 Å². The summed E-state index contributed by atoms with van der Waals surface area (Å²) in [6, 6.07) is 0.157. The molecule has 2 rings (SSSR count). The SMILES string of the molecule is CCOC(=O)CC(c1cncs1)N1CCCC1. The lowest BCUT2D eigenvalue weighted by Gasteiger charge is -2.25. The van der Waals surface area contributed by atoms with Gasteiger partial charge in [-0.25, -0.2) is 0 Å². The van der Waals surface area contributed by atoms with Gasteiger partial charge >= 0.3 is 5.97 Å². The highest BCUT2D eigenvalue weighted by molar-refractivity contribution is 7.09. The minimum absolute atomic E-state index is 0.113. The molecule has 1 aromatic rings. The number of likely N-dealkylation sites (tertiary alicyclic amines) is 1. The first-order valence-corrected chi connectivity index (χ1v) is 6.97. The van der Waals surface area contributed by atoms with Crippen LogP contribution in [0.2, 0.25) is 0 Å². The lowest BCUT2D eigenvalue weighted by Crippen LogP contribution is -2.27. The third-order valence-corrected chi connectivity index (χ3v) is 3.90. The first kappa shape index (κ1) is 12.5. The first-order chi connectivity index (χ1) is 8.31. The van der Waals surface area contributed by atoms with Crippen molar-refractivity contribution in [3.05, 3.63) is 16.6 Å². The Hall–Kier alpha value is -0.940. The highest BCUT2D eigenvalue weighted by atomic mass is 32.1. The van der Waals surface area contributed by atoms with Crippen molar-refractivity contribution in [2.24, 2.45) is 0 Å². The smallest absolute Gasteiger partial charge is 0.307 e. The standard InChI is InChI=1S/C12H18N2O2S/c1-2-16-12(15)7-10(11-8-13-9-17-11)14-5-3-4-6-14/h8-10H,2-7H2,1H3. The van der Waals surface area contributed by atoms with Crippen LogP contribution in [0.1, 0.15) is 37.1 Å². The third-order valence-electron chi connectivity index (χ3n) is 3.03. The van der Waals surface area contributed by atoms with E-state index >= 15 is 0 Å². The monoisotopic (exact) mass is 254 g/mol. The molecule has 0 aliphatic carbocycles. The van der Waals surface area contributed by atoms with E-state index in [0.29, 0.717) is 13.0 Å². The van der Waals surface area contributed by atoms with Gasteiger partial charge in [-0.3, -0.25) is 14.7 Å². The number of aromatic nitrogens is 1. The number of carbonyl (C=O) groups is 1. The van der Waals surface area contributed by atoms with Crippen LogP contribution in [0.15, 0.2) is 11.7 Å². The normalized spacial score (nSPS) is 18.2. The van der Waals surface area contributed by atoms with Gasteiger partial charge in [0, 0.05) is 11.1 Å². The fourth-order valence-electron chi connectivity index (χ4n) is 2.23. The number of ether oxygens (including phenoxy) is 1. The Kier molecular flexibility index (Phi) is 4.50. The zero-order chi connectivity index (χ0) is 12.1. The predicted octanol–water partition coefficient (Wildman–Crippen LogP) is 2.23.